The summed E-state index contributed by atoms with van der Waals surface area (Å²) >= 11 is 0. The van der Waals surface area contributed by atoms with Crippen molar-refractivity contribution < 1.29 is 36.9 Å². The van der Waals surface area contributed by atoms with Crippen molar-refractivity contribution in [3.63, 3.8) is 0 Å². The first kappa shape index (κ1) is 30.0. The first-order valence-electron chi connectivity index (χ1n) is 12.9. The van der Waals surface area contributed by atoms with Crippen LogP contribution in [-0.2, 0) is 17.8 Å². The first-order chi connectivity index (χ1) is 18.6. The largest absolute Gasteiger partial charge is 0.573 e. The van der Waals surface area contributed by atoms with Crippen LogP contribution < -0.4 is 19.7 Å². The average Bonchev–Trinajstić information content (AvgIpc) is 2.88. The number of nitrogens with one attached hydrogen (secondary N) is 1. The highest BCUT2D eigenvalue weighted by Crippen LogP contribution is 2.33. The van der Waals surface area contributed by atoms with E-state index in [9.17, 15) is 22.4 Å². The van der Waals surface area contributed by atoms with Gasteiger partial charge in [-0.3, -0.25) is 4.79 Å². The highest BCUT2D eigenvalue weighted by molar-refractivity contribution is 5.67. The molecule has 1 aliphatic heterocycles. The lowest BCUT2D eigenvalue weighted by Gasteiger charge is -2.33. The zero-order valence-electron chi connectivity index (χ0n) is 22.1. The second kappa shape index (κ2) is 14.0. The standard InChI is InChI=1S/C29H34F4N2O4/c1-3-21(8-13-27(36)37)26(30)14-15-34-19-23-7-6-22-5-4-16-35(28(22)20(23)2)17-18-38-24-9-11-25(12-10-24)39-29(31,32)33/h3,6-7,9-12,14,34H,4-5,8,13,15-19H2,1-2H3,(H,36,37)/b21-3-,26-14+. The molecule has 2 N–H and O–H groups in total. The van der Waals surface area contributed by atoms with E-state index in [0.29, 0.717) is 37.6 Å². The van der Waals surface area contributed by atoms with E-state index in [4.69, 9.17) is 9.84 Å². The van der Waals surface area contributed by atoms with Crippen LogP contribution in [0.1, 0.15) is 42.9 Å². The lowest BCUT2D eigenvalue weighted by atomic mass is 9.94. The van der Waals surface area contributed by atoms with Crippen LogP contribution in [0.4, 0.5) is 23.2 Å². The number of carbonyl (C=O) groups is 1. The summed E-state index contributed by atoms with van der Waals surface area (Å²) in [5.74, 6) is -1.21. The fourth-order valence-corrected chi connectivity index (χ4v) is 4.58. The van der Waals surface area contributed by atoms with E-state index >= 15 is 0 Å². The molecule has 0 aromatic heterocycles. The second-order valence-corrected chi connectivity index (χ2v) is 9.21. The molecule has 0 spiro atoms. The molecule has 0 atom stereocenters. The summed E-state index contributed by atoms with van der Waals surface area (Å²) in [5, 5.41) is 12.1. The monoisotopic (exact) mass is 550 g/mol. The van der Waals surface area contributed by atoms with Gasteiger partial charge >= 0.3 is 12.3 Å². The number of allylic oxidation sites excluding steroid dienone is 3. The molecule has 0 bridgehead atoms. The number of hydrogen-bond donors (Lipinski definition) is 2. The first-order valence-corrected chi connectivity index (χ1v) is 12.9. The van der Waals surface area contributed by atoms with Crippen LogP contribution in [0.25, 0.3) is 0 Å². The number of benzene rings is 2. The van der Waals surface area contributed by atoms with Gasteiger partial charge in [0.1, 0.15) is 23.9 Å². The number of halogens is 4. The third-order valence-corrected chi connectivity index (χ3v) is 6.51. The van der Waals surface area contributed by atoms with Gasteiger partial charge in [0, 0.05) is 31.7 Å². The van der Waals surface area contributed by atoms with Crippen molar-refractivity contribution in [3.05, 3.63) is 76.6 Å². The Morgan fingerprint density at radius 3 is 2.51 bits per heavy atom. The summed E-state index contributed by atoms with van der Waals surface area (Å²) in [7, 11) is 0. The molecule has 0 amide bonds. The molecule has 1 aliphatic rings. The van der Waals surface area contributed by atoms with Gasteiger partial charge in [0.25, 0.3) is 0 Å². The number of nitrogens with zero attached hydrogens (tertiary/aromatic N) is 1. The van der Waals surface area contributed by atoms with E-state index in [2.05, 4.69) is 34.0 Å². The Bertz CT molecular complexity index is 1180. The number of carboxylic acid groups (broad SMARTS) is 1. The second-order valence-electron chi connectivity index (χ2n) is 9.21. The van der Waals surface area contributed by atoms with Crippen LogP contribution in [-0.4, -0.2) is 43.7 Å². The Kier molecular flexibility index (Phi) is 10.8. The number of aryl methyl sites for hydroxylation is 1. The fraction of sp³-hybridized carbons (Fsp3) is 0.414. The molecule has 3 rings (SSSR count). The van der Waals surface area contributed by atoms with E-state index in [1.165, 1.54) is 35.9 Å². The third-order valence-electron chi connectivity index (χ3n) is 6.51. The number of carboxylic acids is 1. The molecule has 0 unspecified atom stereocenters. The quantitative estimate of drug-likeness (QED) is 0.169. The van der Waals surface area contributed by atoms with Crippen molar-refractivity contribution in [2.24, 2.45) is 0 Å². The topological polar surface area (TPSA) is 71.0 Å². The molecule has 39 heavy (non-hydrogen) atoms. The van der Waals surface area contributed by atoms with Gasteiger partial charge in [-0.25, -0.2) is 4.39 Å². The van der Waals surface area contributed by atoms with Crippen LogP contribution in [0.3, 0.4) is 0 Å². The average molecular weight is 551 g/mol. The maximum Gasteiger partial charge on any atom is 0.573 e. The van der Waals surface area contributed by atoms with Gasteiger partial charge in [-0.05, 0) is 85.7 Å². The number of alkyl halides is 3. The minimum atomic E-state index is -4.73. The predicted molar refractivity (Wildman–Crippen MR) is 142 cm³/mol. The maximum atomic E-state index is 14.4. The normalized spacial score (nSPS) is 14.3. The Balaban J connectivity index is 1.56. The van der Waals surface area contributed by atoms with Crippen molar-refractivity contribution in [2.75, 3.05) is 31.1 Å². The lowest BCUT2D eigenvalue weighted by Crippen LogP contribution is -2.34. The van der Waals surface area contributed by atoms with E-state index in [0.717, 1.165) is 36.2 Å². The molecule has 2 aromatic rings. The van der Waals surface area contributed by atoms with E-state index in [1.54, 1.807) is 13.0 Å². The number of hydrogen-bond acceptors (Lipinski definition) is 5. The molecular formula is C29H34F4N2O4. The van der Waals surface area contributed by atoms with Gasteiger partial charge in [0.05, 0.1) is 6.54 Å². The Morgan fingerprint density at radius 1 is 1.13 bits per heavy atom. The van der Waals surface area contributed by atoms with Crippen molar-refractivity contribution in [2.45, 2.75) is 52.4 Å². The number of aliphatic carboxylic acids is 1. The summed E-state index contributed by atoms with van der Waals surface area (Å²) < 4.78 is 61.1. The van der Waals surface area contributed by atoms with Crippen LogP contribution in [0.5, 0.6) is 11.5 Å². The zero-order chi connectivity index (χ0) is 28.4. The molecule has 2 aromatic carbocycles. The van der Waals surface area contributed by atoms with Crippen LogP contribution in [0.2, 0.25) is 0 Å². The Labute approximate surface area is 225 Å². The zero-order valence-corrected chi connectivity index (χ0v) is 22.1. The van der Waals surface area contributed by atoms with Crippen LogP contribution >= 0.6 is 0 Å². The molecule has 1 heterocycles. The smallest absolute Gasteiger partial charge is 0.492 e. The molecule has 212 valence electrons. The molecular weight excluding hydrogens is 516 g/mol. The van der Waals surface area contributed by atoms with Gasteiger partial charge in [-0.15, -0.1) is 13.2 Å². The van der Waals surface area contributed by atoms with Gasteiger partial charge in [0.2, 0.25) is 0 Å². The lowest BCUT2D eigenvalue weighted by molar-refractivity contribution is -0.274. The highest BCUT2D eigenvalue weighted by atomic mass is 19.4. The molecule has 10 heteroatoms. The highest BCUT2D eigenvalue weighted by Gasteiger charge is 2.31. The van der Waals surface area contributed by atoms with Crippen LogP contribution in [0, 0.1) is 6.92 Å². The summed E-state index contributed by atoms with van der Waals surface area (Å²) in [6.45, 7) is 6.44. The summed E-state index contributed by atoms with van der Waals surface area (Å²) in [5.41, 5.74) is 5.01. The fourth-order valence-electron chi connectivity index (χ4n) is 4.58. The number of ether oxygens (including phenoxy) is 2. The Morgan fingerprint density at radius 2 is 1.85 bits per heavy atom. The van der Waals surface area contributed by atoms with Gasteiger partial charge in [-0.2, -0.15) is 0 Å². The van der Waals surface area contributed by atoms with E-state index in [1.807, 2.05) is 0 Å². The molecule has 0 aliphatic carbocycles. The number of rotatable bonds is 13. The SMILES string of the molecule is C/C=C(CCC(=O)O)\C(F)=C/CNCc1ccc2c(c1C)N(CCOc1ccc(OC(F)(F)F)cc1)CCC2. The number of anilines is 1. The molecule has 0 saturated heterocycles. The summed E-state index contributed by atoms with van der Waals surface area (Å²) in [6, 6.07) is 9.53. The van der Waals surface area contributed by atoms with Gasteiger partial charge in [-0.1, -0.05) is 18.2 Å². The van der Waals surface area contributed by atoms with Crippen LogP contribution in [0.15, 0.2) is 60.0 Å². The van der Waals surface area contributed by atoms with Crippen molar-refractivity contribution in [1.82, 2.24) is 5.32 Å². The third kappa shape index (κ3) is 9.31. The maximum absolute atomic E-state index is 14.4. The molecule has 0 fully saturated rings. The Hall–Kier alpha value is -3.53. The summed E-state index contributed by atoms with van der Waals surface area (Å²) in [6.07, 6.45) is 0.296. The summed E-state index contributed by atoms with van der Waals surface area (Å²) in [4.78, 5) is 13.0. The predicted octanol–water partition coefficient (Wildman–Crippen LogP) is 6.48. The molecule has 6 nitrogen and oxygen atoms in total. The minimum Gasteiger partial charge on any atom is -0.492 e. The number of fused-ring (bicyclic) bond motifs is 1. The minimum absolute atomic E-state index is 0.118. The van der Waals surface area contributed by atoms with Crippen molar-refractivity contribution in [3.8, 4) is 11.5 Å². The van der Waals surface area contributed by atoms with E-state index in [-0.39, 0.29) is 18.6 Å². The molecule has 0 saturated carbocycles. The van der Waals surface area contributed by atoms with Crippen molar-refractivity contribution in [1.29, 1.82) is 0 Å². The van der Waals surface area contributed by atoms with Gasteiger partial charge < -0.3 is 24.8 Å². The van der Waals surface area contributed by atoms with Crippen molar-refractivity contribution >= 4 is 11.7 Å². The van der Waals surface area contributed by atoms with Gasteiger partial charge in [0.15, 0.2) is 0 Å². The molecule has 0 radical (unpaired) electrons. The van der Waals surface area contributed by atoms with E-state index < -0.39 is 18.2 Å².